The van der Waals surface area contributed by atoms with Gasteiger partial charge in [0.15, 0.2) is 0 Å². The molecule has 126 valence electrons. The van der Waals surface area contributed by atoms with Crippen LogP contribution in [0.3, 0.4) is 0 Å². The number of benzene rings is 1. The average Bonchev–Trinajstić information content (AvgIpc) is 3.22. The summed E-state index contributed by atoms with van der Waals surface area (Å²) in [6.45, 7) is 0.328. The normalized spacial score (nSPS) is 20.3. The second-order valence-electron chi connectivity index (χ2n) is 5.62. The summed E-state index contributed by atoms with van der Waals surface area (Å²) >= 11 is 5.87. The van der Waals surface area contributed by atoms with E-state index in [0.717, 1.165) is 5.69 Å². The van der Waals surface area contributed by atoms with Crippen LogP contribution in [0.5, 0.6) is 0 Å². The molecule has 0 aliphatic carbocycles. The lowest BCUT2D eigenvalue weighted by Gasteiger charge is -2.21. The fourth-order valence-electron chi connectivity index (χ4n) is 2.80. The zero-order valence-corrected chi connectivity index (χ0v) is 13.8. The highest BCUT2D eigenvalue weighted by atomic mass is 35.5. The number of nitrogens with two attached hydrogens (primary N) is 1. The lowest BCUT2D eigenvalue weighted by atomic mass is 10.2. The third kappa shape index (κ3) is 3.13. The van der Waals surface area contributed by atoms with Gasteiger partial charge >= 0.3 is 0 Å². The molecule has 24 heavy (non-hydrogen) atoms. The number of nitrogens with zero attached hydrogens (tertiary/aromatic N) is 3. The number of halogens is 1. The van der Waals surface area contributed by atoms with E-state index in [4.69, 9.17) is 22.1 Å². The van der Waals surface area contributed by atoms with Crippen molar-refractivity contribution in [2.75, 3.05) is 13.7 Å². The molecule has 0 unspecified atom stereocenters. The Morgan fingerprint density at radius 2 is 2.04 bits per heavy atom. The van der Waals surface area contributed by atoms with Gasteiger partial charge in [0.1, 0.15) is 6.04 Å². The summed E-state index contributed by atoms with van der Waals surface area (Å²) in [6.07, 6.45) is 3.29. The molecule has 0 radical (unpaired) electrons. The quantitative estimate of drug-likeness (QED) is 0.900. The molecule has 2 heterocycles. The van der Waals surface area contributed by atoms with E-state index in [1.165, 1.54) is 11.1 Å². The number of carbonyl (C=O) groups excluding carboxylic acids is 2. The molecule has 2 atom stereocenters. The summed E-state index contributed by atoms with van der Waals surface area (Å²) < 4.78 is 6.83. The van der Waals surface area contributed by atoms with E-state index >= 15 is 0 Å². The number of aromatic nitrogens is 2. The van der Waals surface area contributed by atoms with Crippen molar-refractivity contribution in [1.82, 2.24) is 14.7 Å². The number of hydrogen-bond acceptors (Lipinski definition) is 4. The third-order valence-corrected chi connectivity index (χ3v) is 4.36. The molecular weight excluding hydrogens is 332 g/mol. The first-order valence-electron chi connectivity index (χ1n) is 7.43. The SMILES string of the molecule is CO[C@H]1C[C@@H](C(N)=O)N(C(=O)c2cnn(-c3ccc(Cl)cc3)c2)C1. The van der Waals surface area contributed by atoms with Crippen molar-refractivity contribution in [2.24, 2.45) is 5.73 Å². The summed E-state index contributed by atoms with van der Waals surface area (Å²) in [5, 5.41) is 4.82. The zero-order valence-electron chi connectivity index (χ0n) is 13.1. The number of carbonyl (C=O) groups is 2. The van der Waals surface area contributed by atoms with Crippen molar-refractivity contribution >= 4 is 23.4 Å². The van der Waals surface area contributed by atoms with E-state index in [9.17, 15) is 9.59 Å². The first kappa shape index (κ1) is 16.5. The summed E-state index contributed by atoms with van der Waals surface area (Å²) in [5.74, 6) is -0.827. The van der Waals surface area contributed by atoms with Crippen LogP contribution in [-0.4, -0.2) is 52.3 Å². The standard InChI is InChI=1S/C16H17ClN4O3/c1-24-13-6-14(15(18)22)20(9-13)16(23)10-7-19-21(8-10)12-4-2-11(17)3-5-12/h2-5,7-8,13-14H,6,9H2,1H3,(H2,18,22)/t13-,14-/m0/s1. The molecule has 2 aromatic rings. The molecule has 3 rings (SSSR count). The van der Waals surface area contributed by atoms with Crippen molar-refractivity contribution in [3.8, 4) is 5.69 Å². The van der Waals surface area contributed by atoms with Crippen molar-refractivity contribution in [2.45, 2.75) is 18.6 Å². The number of rotatable bonds is 4. The van der Waals surface area contributed by atoms with Crippen LogP contribution < -0.4 is 5.73 Å². The van der Waals surface area contributed by atoms with Crippen molar-refractivity contribution in [1.29, 1.82) is 0 Å². The molecule has 1 aliphatic heterocycles. The number of hydrogen-bond donors (Lipinski definition) is 1. The molecule has 8 heteroatoms. The highest BCUT2D eigenvalue weighted by Crippen LogP contribution is 2.22. The Hall–Kier alpha value is -2.38. The van der Waals surface area contributed by atoms with Crippen LogP contribution in [0, 0.1) is 0 Å². The van der Waals surface area contributed by atoms with Crippen LogP contribution in [0.4, 0.5) is 0 Å². The molecular formula is C16H17ClN4O3. The van der Waals surface area contributed by atoms with Gasteiger partial charge in [0.05, 0.1) is 23.6 Å². The van der Waals surface area contributed by atoms with Crippen LogP contribution in [0.1, 0.15) is 16.8 Å². The molecule has 0 spiro atoms. The van der Waals surface area contributed by atoms with E-state index in [1.54, 1.807) is 42.3 Å². The van der Waals surface area contributed by atoms with Crippen LogP contribution in [-0.2, 0) is 9.53 Å². The van der Waals surface area contributed by atoms with Crippen LogP contribution in [0.25, 0.3) is 5.69 Å². The summed E-state index contributed by atoms with van der Waals surface area (Å²) in [5.41, 5.74) is 6.57. The van der Waals surface area contributed by atoms with Crippen LogP contribution in [0.2, 0.25) is 5.02 Å². The van der Waals surface area contributed by atoms with Crippen molar-refractivity contribution < 1.29 is 14.3 Å². The number of methoxy groups -OCH3 is 1. The molecule has 7 nitrogen and oxygen atoms in total. The smallest absolute Gasteiger partial charge is 0.257 e. The van der Waals surface area contributed by atoms with Gasteiger partial charge in [-0.15, -0.1) is 0 Å². The van der Waals surface area contributed by atoms with Crippen molar-refractivity contribution in [3.05, 3.63) is 47.2 Å². The minimum Gasteiger partial charge on any atom is -0.380 e. The second kappa shape index (κ2) is 6.62. The van der Waals surface area contributed by atoms with E-state index in [1.807, 2.05) is 0 Å². The Bertz CT molecular complexity index is 759. The first-order chi connectivity index (χ1) is 11.5. The number of primary amides is 1. The lowest BCUT2D eigenvalue weighted by molar-refractivity contribution is -0.121. The maximum atomic E-state index is 12.7. The van der Waals surface area contributed by atoms with E-state index in [2.05, 4.69) is 5.10 Å². The molecule has 2 N–H and O–H groups in total. The number of amides is 2. The molecule has 1 aromatic carbocycles. The Labute approximate surface area is 143 Å². The average molecular weight is 349 g/mol. The van der Waals surface area contributed by atoms with E-state index in [-0.39, 0.29) is 12.0 Å². The molecule has 1 aliphatic rings. The Morgan fingerprint density at radius 3 is 2.67 bits per heavy atom. The van der Waals surface area contributed by atoms with Gasteiger partial charge in [-0.25, -0.2) is 4.68 Å². The monoisotopic (exact) mass is 348 g/mol. The van der Waals surface area contributed by atoms with Gasteiger partial charge < -0.3 is 15.4 Å². The fraction of sp³-hybridized carbons (Fsp3) is 0.312. The van der Waals surface area contributed by atoms with Gasteiger partial charge in [0, 0.05) is 31.3 Å². The maximum Gasteiger partial charge on any atom is 0.257 e. The van der Waals surface area contributed by atoms with Crippen molar-refractivity contribution in [3.63, 3.8) is 0 Å². The number of ether oxygens (including phenoxy) is 1. The topological polar surface area (TPSA) is 90.4 Å². The molecule has 2 amide bonds. The lowest BCUT2D eigenvalue weighted by Crippen LogP contribution is -2.43. The summed E-state index contributed by atoms with van der Waals surface area (Å²) in [4.78, 5) is 25.8. The Kier molecular flexibility index (Phi) is 4.55. The second-order valence-corrected chi connectivity index (χ2v) is 6.06. The molecule has 1 saturated heterocycles. The highest BCUT2D eigenvalue weighted by Gasteiger charge is 2.39. The maximum absolute atomic E-state index is 12.7. The minimum absolute atomic E-state index is 0.197. The highest BCUT2D eigenvalue weighted by molar-refractivity contribution is 6.30. The first-order valence-corrected chi connectivity index (χ1v) is 7.81. The van der Waals surface area contributed by atoms with E-state index in [0.29, 0.717) is 23.6 Å². The summed E-state index contributed by atoms with van der Waals surface area (Å²) in [7, 11) is 1.55. The van der Waals surface area contributed by atoms with E-state index < -0.39 is 11.9 Å². The predicted octanol–water partition coefficient (Wildman–Crippen LogP) is 1.24. The number of likely N-dealkylation sites (tertiary alicyclic amines) is 1. The zero-order chi connectivity index (χ0) is 17.3. The minimum atomic E-state index is -0.665. The molecule has 0 bridgehead atoms. The summed E-state index contributed by atoms with van der Waals surface area (Å²) in [6, 6.07) is 6.42. The fourth-order valence-corrected chi connectivity index (χ4v) is 2.92. The molecule has 1 aromatic heterocycles. The largest absolute Gasteiger partial charge is 0.380 e. The Morgan fingerprint density at radius 1 is 1.33 bits per heavy atom. The van der Waals surface area contributed by atoms with Crippen LogP contribution in [0.15, 0.2) is 36.7 Å². The molecule has 1 fully saturated rings. The van der Waals surface area contributed by atoms with Crippen LogP contribution >= 0.6 is 11.6 Å². The predicted molar refractivity (Wildman–Crippen MR) is 88.0 cm³/mol. The third-order valence-electron chi connectivity index (χ3n) is 4.11. The Balaban J connectivity index is 1.82. The van der Waals surface area contributed by atoms with Gasteiger partial charge in [-0.2, -0.15) is 5.10 Å². The van der Waals surface area contributed by atoms with Gasteiger partial charge in [0.25, 0.3) is 5.91 Å². The van der Waals surface area contributed by atoms with Gasteiger partial charge in [-0.3, -0.25) is 9.59 Å². The van der Waals surface area contributed by atoms with Gasteiger partial charge in [-0.05, 0) is 24.3 Å². The van der Waals surface area contributed by atoms with Gasteiger partial charge in [-0.1, -0.05) is 11.6 Å². The molecule has 0 saturated carbocycles. The van der Waals surface area contributed by atoms with Gasteiger partial charge in [0.2, 0.25) is 5.91 Å².